The monoisotopic (exact) mass is 266 g/mol. The minimum absolute atomic E-state index is 0.721. The average Bonchev–Trinajstić information content (AvgIpc) is 2.44. The van der Waals surface area contributed by atoms with Crippen LogP contribution in [0.5, 0.6) is 0 Å². The van der Waals surface area contributed by atoms with E-state index in [9.17, 15) is 0 Å². The number of unbranched alkanes of at least 4 members (excludes halogenated alkanes) is 2. The lowest BCUT2D eigenvalue weighted by molar-refractivity contribution is 0.199. The van der Waals surface area contributed by atoms with Crippen molar-refractivity contribution in [2.24, 2.45) is 0 Å². The summed E-state index contributed by atoms with van der Waals surface area (Å²) in [6.07, 6.45) is 7.46. The van der Waals surface area contributed by atoms with Crippen molar-refractivity contribution in [1.29, 1.82) is 0 Å². The molecule has 0 spiro atoms. The van der Waals surface area contributed by atoms with Crippen LogP contribution in [0.4, 0.5) is 5.95 Å². The molecule has 1 aromatic heterocycles. The van der Waals surface area contributed by atoms with E-state index in [1.165, 1.54) is 19.3 Å². The zero-order chi connectivity index (χ0) is 13.9. The number of hydrogen-bond donors (Lipinski definition) is 1. The first-order chi connectivity index (χ1) is 9.27. The van der Waals surface area contributed by atoms with Crippen LogP contribution in [0.3, 0.4) is 0 Å². The summed E-state index contributed by atoms with van der Waals surface area (Å²) in [5.41, 5.74) is 1.10. The van der Waals surface area contributed by atoms with Gasteiger partial charge in [-0.3, -0.25) is 0 Å². The summed E-state index contributed by atoms with van der Waals surface area (Å²) in [7, 11) is 3.75. The summed E-state index contributed by atoms with van der Waals surface area (Å²) in [5.74, 6) is 0.803. The largest absolute Gasteiger partial charge is 0.383 e. The van der Waals surface area contributed by atoms with Gasteiger partial charge in [-0.1, -0.05) is 19.8 Å². The van der Waals surface area contributed by atoms with Gasteiger partial charge >= 0.3 is 0 Å². The fraction of sp³-hybridized carbons (Fsp3) is 0.714. The highest BCUT2D eigenvalue weighted by molar-refractivity contribution is 5.28. The van der Waals surface area contributed by atoms with Crippen molar-refractivity contribution in [2.75, 3.05) is 38.8 Å². The highest BCUT2D eigenvalue weighted by atomic mass is 16.5. The van der Waals surface area contributed by atoms with Crippen molar-refractivity contribution < 1.29 is 4.74 Å². The van der Waals surface area contributed by atoms with E-state index < -0.39 is 0 Å². The molecule has 0 amide bonds. The zero-order valence-corrected chi connectivity index (χ0v) is 12.4. The predicted molar refractivity (Wildman–Crippen MR) is 78.4 cm³/mol. The molecule has 0 radical (unpaired) electrons. The van der Waals surface area contributed by atoms with Gasteiger partial charge in [0.05, 0.1) is 6.61 Å². The van der Waals surface area contributed by atoms with Crippen molar-refractivity contribution in [2.45, 2.75) is 32.7 Å². The highest BCUT2D eigenvalue weighted by Crippen LogP contribution is 2.06. The molecule has 1 heterocycles. The number of rotatable bonds is 10. The molecular weight excluding hydrogens is 240 g/mol. The topological polar surface area (TPSA) is 50.3 Å². The van der Waals surface area contributed by atoms with E-state index in [1.54, 1.807) is 7.11 Å². The predicted octanol–water partition coefficient (Wildman–Crippen LogP) is 1.84. The molecule has 1 N–H and O–H groups in total. The molecule has 0 saturated heterocycles. The van der Waals surface area contributed by atoms with Gasteiger partial charge in [-0.25, -0.2) is 9.97 Å². The van der Waals surface area contributed by atoms with Gasteiger partial charge in [-0.2, -0.15) is 0 Å². The molecule has 1 rings (SSSR count). The second-order valence-corrected chi connectivity index (χ2v) is 4.69. The SMILES string of the molecule is CCCCCN(C)c1ncc(CNCCOC)cn1. The molecule has 5 nitrogen and oxygen atoms in total. The van der Waals surface area contributed by atoms with Crippen LogP contribution in [0.25, 0.3) is 0 Å². The Morgan fingerprint density at radius 1 is 1.26 bits per heavy atom. The van der Waals surface area contributed by atoms with Crippen LogP contribution >= 0.6 is 0 Å². The molecule has 1 aromatic rings. The quantitative estimate of drug-likeness (QED) is 0.655. The van der Waals surface area contributed by atoms with Crippen LogP contribution < -0.4 is 10.2 Å². The first kappa shape index (κ1) is 15.9. The van der Waals surface area contributed by atoms with Crippen LogP contribution in [0, 0.1) is 0 Å². The van der Waals surface area contributed by atoms with E-state index in [0.29, 0.717) is 0 Å². The van der Waals surface area contributed by atoms with Crippen LogP contribution in [-0.4, -0.2) is 43.8 Å². The zero-order valence-electron chi connectivity index (χ0n) is 12.4. The van der Waals surface area contributed by atoms with Gasteiger partial charge in [0.25, 0.3) is 0 Å². The molecule has 0 atom stereocenters. The Balaban J connectivity index is 2.33. The highest BCUT2D eigenvalue weighted by Gasteiger charge is 2.03. The van der Waals surface area contributed by atoms with Gasteiger partial charge in [-0.15, -0.1) is 0 Å². The van der Waals surface area contributed by atoms with Gasteiger partial charge in [0.15, 0.2) is 0 Å². The third kappa shape index (κ3) is 6.50. The molecule has 0 aliphatic rings. The lowest BCUT2D eigenvalue weighted by Crippen LogP contribution is -2.22. The molecule has 0 bridgehead atoms. The molecule has 5 heteroatoms. The number of hydrogen-bond acceptors (Lipinski definition) is 5. The van der Waals surface area contributed by atoms with Gasteiger partial charge in [0.2, 0.25) is 5.95 Å². The number of aromatic nitrogens is 2. The van der Waals surface area contributed by atoms with E-state index in [-0.39, 0.29) is 0 Å². The van der Waals surface area contributed by atoms with Gasteiger partial charge in [0, 0.05) is 51.7 Å². The number of ether oxygens (including phenoxy) is 1. The summed E-state index contributed by atoms with van der Waals surface area (Å²) >= 11 is 0. The first-order valence-electron chi connectivity index (χ1n) is 6.99. The van der Waals surface area contributed by atoms with E-state index in [1.807, 2.05) is 19.4 Å². The summed E-state index contributed by atoms with van der Waals surface area (Å²) < 4.78 is 4.98. The van der Waals surface area contributed by atoms with E-state index in [4.69, 9.17) is 4.74 Å². The lowest BCUT2D eigenvalue weighted by atomic mass is 10.2. The van der Waals surface area contributed by atoms with Gasteiger partial charge in [0.1, 0.15) is 0 Å². The van der Waals surface area contributed by atoms with Crippen LogP contribution in [-0.2, 0) is 11.3 Å². The maximum absolute atomic E-state index is 4.98. The lowest BCUT2D eigenvalue weighted by Gasteiger charge is -2.16. The fourth-order valence-corrected chi connectivity index (χ4v) is 1.74. The normalized spacial score (nSPS) is 10.7. The molecule has 19 heavy (non-hydrogen) atoms. The second-order valence-electron chi connectivity index (χ2n) is 4.69. The van der Waals surface area contributed by atoms with E-state index in [2.05, 4.69) is 27.1 Å². The summed E-state index contributed by atoms with van der Waals surface area (Å²) in [6, 6.07) is 0. The van der Waals surface area contributed by atoms with Crippen molar-refractivity contribution in [3.05, 3.63) is 18.0 Å². The van der Waals surface area contributed by atoms with Crippen LogP contribution in [0.15, 0.2) is 12.4 Å². The standard InChI is InChI=1S/C14H26N4O/c1-4-5-6-8-18(2)14-16-11-13(12-17-14)10-15-7-9-19-3/h11-12,15H,4-10H2,1-3H3. The Morgan fingerprint density at radius 2 is 2.00 bits per heavy atom. The van der Waals surface area contributed by atoms with Crippen molar-refractivity contribution in [1.82, 2.24) is 15.3 Å². The Morgan fingerprint density at radius 3 is 2.63 bits per heavy atom. The Kier molecular flexibility index (Phi) is 8.09. The van der Waals surface area contributed by atoms with Crippen molar-refractivity contribution >= 4 is 5.95 Å². The molecule has 0 saturated carbocycles. The van der Waals surface area contributed by atoms with E-state index in [0.717, 1.165) is 37.8 Å². The number of methoxy groups -OCH3 is 1. The fourth-order valence-electron chi connectivity index (χ4n) is 1.74. The molecular formula is C14H26N4O. The Labute approximate surface area is 116 Å². The van der Waals surface area contributed by atoms with Crippen molar-refractivity contribution in [3.63, 3.8) is 0 Å². The number of nitrogens with zero attached hydrogens (tertiary/aromatic N) is 3. The smallest absolute Gasteiger partial charge is 0.224 e. The molecule has 0 aromatic carbocycles. The first-order valence-corrected chi connectivity index (χ1v) is 6.99. The van der Waals surface area contributed by atoms with E-state index >= 15 is 0 Å². The summed E-state index contributed by atoms with van der Waals surface area (Å²) in [5, 5.41) is 3.27. The van der Waals surface area contributed by atoms with Crippen LogP contribution in [0.2, 0.25) is 0 Å². The number of nitrogens with one attached hydrogen (secondary N) is 1. The second kappa shape index (κ2) is 9.69. The molecule has 0 fully saturated rings. The third-order valence-electron chi connectivity index (χ3n) is 2.94. The van der Waals surface area contributed by atoms with Crippen molar-refractivity contribution in [3.8, 4) is 0 Å². The molecule has 0 aliphatic heterocycles. The minimum atomic E-state index is 0.721. The molecule has 0 aliphatic carbocycles. The van der Waals surface area contributed by atoms with Gasteiger partial charge < -0.3 is 15.0 Å². The molecule has 108 valence electrons. The number of anilines is 1. The summed E-state index contributed by atoms with van der Waals surface area (Å²) in [6.45, 7) is 5.57. The third-order valence-corrected chi connectivity index (χ3v) is 2.94. The van der Waals surface area contributed by atoms with Gasteiger partial charge in [-0.05, 0) is 6.42 Å². The van der Waals surface area contributed by atoms with Crippen LogP contribution in [0.1, 0.15) is 31.7 Å². The molecule has 0 unspecified atom stereocenters. The maximum atomic E-state index is 4.98. The minimum Gasteiger partial charge on any atom is -0.383 e. The average molecular weight is 266 g/mol. The summed E-state index contributed by atoms with van der Waals surface area (Å²) in [4.78, 5) is 10.9. The Hall–Kier alpha value is -1.20. The Bertz CT molecular complexity index is 329. The maximum Gasteiger partial charge on any atom is 0.224 e.